The molecule has 0 amide bonds. The summed E-state index contributed by atoms with van der Waals surface area (Å²) >= 11 is 0. The molecule has 5 nitrogen and oxygen atoms in total. The Kier molecular flexibility index (Phi) is 3.34. The Morgan fingerprint density at radius 1 is 1.17 bits per heavy atom. The molecule has 2 aliphatic heterocycles. The highest BCUT2D eigenvalue weighted by Crippen LogP contribution is 2.28. The van der Waals surface area contributed by atoms with Gasteiger partial charge in [-0.15, -0.1) is 0 Å². The summed E-state index contributed by atoms with van der Waals surface area (Å²) in [5.74, 6) is 1.10. The van der Waals surface area contributed by atoms with E-state index in [4.69, 9.17) is 15.2 Å². The van der Waals surface area contributed by atoms with Crippen molar-refractivity contribution >= 4 is 11.5 Å². The van der Waals surface area contributed by atoms with Crippen molar-refractivity contribution in [1.29, 1.82) is 0 Å². The first-order valence-electron chi connectivity index (χ1n) is 6.52. The third-order valence-electron chi connectivity index (χ3n) is 3.71. The maximum Gasteiger partial charge on any atom is 0.160 e. The predicted molar refractivity (Wildman–Crippen MR) is 69.3 cm³/mol. The average molecular weight is 249 g/mol. The molecule has 0 aromatic carbocycles. The highest BCUT2D eigenvalue weighted by atomic mass is 16.7. The third kappa shape index (κ3) is 2.42. The molecular weight excluding hydrogens is 230 g/mol. The van der Waals surface area contributed by atoms with Crippen molar-refractivity contribution in [2.45, 2.75) is 19.1 Å². The van der Waals surface area contributed by atoms with Gasteiger partial charge in [0.15, 0.2) is 6.29 Å². The Morgan fingerprint density at radius 2 is 1.89 bits per heavy atom. The normalized spacial score (nSPS) is 22.6. The molecule has 0 saturated carbocycles. The minimum atomic E-state index is 0.0247. The van der Waals surface area contributed by atoms with Crippen molar-refractivity contribution in [2.24, 2.45) is 5.92 Å². The maximum absolute atomic E-state index is 5.60. The molecule has 98 valence electrons. The quantitative estimate of drug-likeness (QED) is 0.855. The molecular formula is C13H19N3O2. The summed E-state index contributed by atoms with van der Waals surface area (Å²) in [5, 5.41) is 0. The summed E-state index contributed by atoms with van der Waals surface area (Å²) < 4.78 is 11.2. The van der Waals surface area contributed by atoms with Crippen LogP contribution >= 0.6 is 0 Å². The van der Waals surface area contributed by atoms with Gasteiger partial charge in [0.05, 0.1) is 25.1 Å². The summed E-state index contributed by atoms with van der Waals surface area (Å²) in [4.78, 5) is 6.48. The zero-order valence-corrected chi connectivity index (χ0v) is 10.4. The molecule has 0 aliphatic carbocycles. The molecule has 2 saturated heterocycles. The zero-order valence-electron chi connectivity index (χ0n) is 10.4. The number of hydrogen-bond acceptors (Lipinski definition) is 5. The van der Waals surface area contributed by atoms with Crippen LogP contribution in [-0.2, 0) is 9.47 Å². The van der Waals surface area contributed by atoms with E-state index >= 15 is 0 Å². The molecule has 18 heavy (non-hydrogen) atoms. The summed E-state index contributed by atoms with van der Waals surface area (Å²) in [6, 6.07) is 3.88. The molecule has 3 heterocycles. The Bertz CT molecular complexity index is 382. The second kappa shape index (κ2) is 5.12. The van der Waals surface area contributed by atoms with Crippen LogP contribution in [0, 0.1) is 5.92 Å². The van der Waals surface area contributed by atoms with Crippen LogP contribution in [0.2, 0.25) is 0 Å². The van der Waals surface area contributed by atoms with Crippen molar-refractivity contribution in [1.82, 2.24) is 4.98 Å². The number of aromatic nitrogens is 1. The lowest BCUT2D eigenvalue weighted by atomic mass is 9.96. The highest BCUT2D eigenvalue weighted by molar-refractivity contribution is 5.48. The van der Waals surface area contributed by atoms with E-state index in [1.807, 2.05) is 18.3 Å². The fourth-order valence-corrected chi connectivity index (χ4v) is 2.66. The van der Waals surface area contributed by atoms with Gasteiger partial charge >= 0.3 is 0 Å². The van der Waals surface area contributed by atoms with Crippen molar-refractivity contribution < 1.29 is 9.47 Å². The van der Waals surface area contributed by atoms with Gasteiger partial charge < -0.3 is 20.1 Å². The van der Waals surface area contributed by atoms with Gasteiger partial charge in [0.1, 0.15) is 5.82 Å². The molecule has 2 N–H and O–H groups in total. The van der Waals surface area contributed by atoms with Gasteiger partial charge in [-0.3, -0.25) is 0 Å². The summed E-state index contributed by atoms with van der Waals surface area (Å²) in [6.07, 6.45) is 4.08. The maximum atomic E-state index is 5.60. The number of anilines is 2. The molecule has 1 aromatic rings. The molecule has 3 rings (SSSR count). The second-order valence-corrected chi connectivity index (χ2v) is 4.88. The van der Waals surface area contributed by atoms with E-state index in [1.54, 1.807) is 0 Å². The SMILES string of the molecule is Nc1ccc(N2CCC(C3OCCO3)CC2)cn1. The van der Waals surface area contributed by atoms with E-state index in [2.05, 4.69) is 9.88 Å². The standard InChI is InChI=1S/C13H19N3O2/c14-12-2-1-11(9-15-12)16-5-3-10(4-6-16)13-17-7-8-18-13/h1-2,9-10,13H,3-8H2,(H2,14,15). The zero-order chi connectivity index (χ0) is 12.4. The Labute approximate surface area is 107 Å². The van der Waals surface area contributed by atoms with Gasteiger partial charge in [0.25, 0.3) is 0 Å². The van der Waals surface area contributed by atoms with E-state index in [0.29, 0.717) is 11.7 Å². The highest BCUT2D eigenvalue weighted by Gasteiger charge is 2.30. The van der Waals surface area contributed by atoms with Crippen LogP contribution in [0.5, 0.6) is 0 Å². The van der Waals surface area contributed by atoms with Crippen LogP contribution in [0.4, 0.5) is 11.5 Å². The fraction of sp³-hybridized carbons (Fsp3) is 0.615. The number of pyridine rings is 1. The smallest absolute Gasteiger partial charge is 0.160 e. The first kappa shape index (κ1) is 11.7. The molecule has 0 atom stereocenters. The van der Waals surface area contributed by atoms with Crippen LogP contribution in [-0.4, -0.2) is 37.6 Å². The first-order valence-corrected chi connectivity index (χ1v) is 6.52. The number of nitrogen functional groups attached to an aromatic ring is 1. The molecule has 0 unspecified atom stereocenters. The summed E-state index contributed by atoms with van der Waals surface area (Å²) in [5.41, 5.74) is 6.75. The fourth-order valence-electron chi connectivity index (χ4n) is 2.66. The molecule has 2 aliphatic rings. The van der Waals surface area contributed by atoms with Crippen LogP contribution in [0.3, 0.4) is 0 Å². The monoisotopic (exact) mass is 249 g/mol. The average Bonchev–Trinajstić information content (AvgIpc) is 2.94. The van der Waals surface area contributed by atoms with Crippen LogP contribution < -0.4 is 10.6 Å². The summed E-state index contributed by atoms with van der Waals surface area (Å²) in [6.45, 7) is 3.54. The third-order valence-corrected chi connectivity index (χ3v) is 3.71. The largest absolute Gasteiger partial charge is 0.384 e. The van der Waals surface area contributed by atoms with Gasteiger partial charge in [-0.1, -0.05) is 0 Å². The van der Waals surface area contributed by atoms with Gasteiger partial charge in [-0.05, 0) is 25.0 Å². The lowest BCUT2D eigenvalue weighted by Gasteiger charge is -2.35. The number of nitrogens with two attached hydrogens (primary N) is 1. The van der Waals surface area contributed by atoms with Crippen LogP contribution in [0.25, 0.3) is 0 Å². The van der Waals surface area contributed by atoms with E-state index in [0.717, 1.165) is 44.8 Å². The molecule has 1 aromatic heterocycles. The topological polar surface area (TPSA) is 60.6 Å². The van der Waals surface area contributed by atoms with E-state index in [-0.39, 0.29) is 6.29 Å². The lowest BCUT2D eigenvalue weighted by Crippen LogP contribution is -2.38. The molecule has 2 fully saturated rings. The Balaban J connectivity index is 1.57. The summed E-state index contributed by atoms with van der Waals surface area (Å²) in [7, 11) is 0. The van der Waals surface area contributed by atoms with Crippen LogP contribution in [0.15, 0.2) is 18.3 Å². The number of nitrogens with zero attached hydrogens (tertiary/aromatic N) is 2. The Hall–Kier alpha value is -1.33. The first-order chi connectivity index (χ1) is 8.83. The number of ether oxygens (including phenoxy) is 2. The predicted octanol–water partition coefficient (Wildman–Crippen LogP) is 1.25. The second-order valence-electron chi connectivity index (χ2n) is 4.88. The van der Waals surface area contributed by atoms with Crippen molar-refractivity contribution in [3.63, 3.8) is 0 Å². The van der Waals surface area contributed by atoms with Gasteiger partial charge in [-0.25, -0.2) is 4.98 Å². The van der Waals surface area contributed by atoms with Crippen LogP contribution in [0.1, 0.15) is 12.8 Å². The van der Waals surface area contributed by atoms with E-state index in [9.17, 15) is 0 Å². The Morgan fingerprint density at radius 3 is 2.50 bits per heavy atom. The molecule has 0 spiro atoms. The van der Waals surface area contributed by atoms with Crippen molar-refractivity contribution in [3.05, 3.63) is 18.3 Å². The lowest BCUT2D eigenvalue weighted by molar-refractivity contribution is -0.0889. The number of hydrogen-bond donors (Lipinski definition) is 1. The molecule has 0 bridgehead atoms. The molecule has 5 heteroatoms. The van der Waals surface area contributed by atoms with Gasteiger partial charge in [0.2, 0.25) is 0 Å². The van der Waals surface area contributed by atoms with E-state index < -0.39 is 0 Å². The number of piperidine rings is 1. The van der Waals surface area contributed by atoms with Gasteiger partial charge in [0, 0.05) is 19.0 Å². The minimum Gasteiger partial charge on any atom is -0.384 e. The van der Waals surface area contributed by atoms with Gasteiger partial charge in [-0.2, -0.15) is 0 Å². The molecule has 0 radical (unpaired) electrons. The van der Waals surface area contributed by atoms with E-state index in [1.165, 1.54) is 0 Å². The minimum absolute atomic E-state index is 0.0247. The van der Waals surface area contributed by atoms with Crippen molar-refractivity contribution in [3.8, 4) is 0 Å². The number of rotatable bonds is 2. The van der Waals surface area contributed by atoms with Crippen molar-refractivity contribution in [2.75, 3.05) is 36.9 Å².